The highest BCUT2D eigenvalue weighted by atomic mass is 35.5. The summed E-state index contributed by atoms with van der Waals surface area (Å²) < 4.78 is 0. The molecule has 33 heavy (non-hydrogen) atoms. The van der Waals surface area contributed by atoms with Gasteiger partial charge in [-0.25, -0.2) is 9.97 Å². The standard InChI is InChI=1S/C22H33ClN6O3S/c1-15(2)11-20(31)29-10-9-28(13-16(29)3)19-12-18(23)24-22(25-19)33-14-21(32)27-7-5-26(6-8-27)17(4)30/h12,15-16H,5-11,13-14H2,1-4H3. The van der Waals surface area contributed by atoms with Crippen LogP contribution in [0, 0.1) is 5.92 Å². The predicted molar refractivity (Wildman–Crippen MR) is 129 cm³/mol. The molecule has 3 heterocycles. The third kappa shape index (κ3) is 6.96. The number of nitrogens with zero attached hydrogens (tertiary/aromatic N) is 6. The smallest absolute Gasteiger partial charge is 0.233 e. The molecule has 2 aliphatic rings. The lowest BCUT2D eigenvalue weighted by atomic mass is 10.1. The third-order valence-electron chi connectivity index (χ3n) is 5.92. The minimum absolute atomic E-state index is 0.000714. The first-order chi connectivity index (χ1) is 15.6. The zero-order valence-corrected chi connectivity index (χ0v) is 21.4. The Morgan fingerprint density at radius 2 is 1.73 bits per heavy atom. The second-order valence-corrected chi connectivity index (χ2v) is 10.3. The fraction of sp³-hybridized carbons (Fsp3) is 0.682. The second-order valence-electron chi connectivity index (χ2n) is 8.99. The molecule has 182 valence electrons. The molecule has 0 saturated carbocycles. The van der Waals surface area contributed by atoms with Crippen LogP contribution in [0.5, 0.6) is 0 Å². The van der Waals surface area contributed by atoms with E-state index in [1.165, 1.54) is 11.8 Å². The van der Waals surface area contributed by atoms with Crippen LogP contribution in [0.25, 0.3) is 0 Å². The van der Waals surface area contributed by atoms with Crippen molar-refractivity contribution in [3.8, 4) is 0 Å². The van der Waals surface area contributed by atoms with Crippen molar-refractivity contribution < 1.29 is 14.4 Å². The van der Waals surface area contributed by atoms with Crippen LogP contribution in [0.3, 0.4) is 0 Å². The summed E-state index contributed by atoms with van der Waals surface area (Å²) in [5, 5.41) is 0.787. The Balaban J connectivity index is 1.56. The molecule has 0 radical (unpaired) electrons. The molecule has 3 rings (SSSR count). The molecular formula is C22H33ClN6O3S. The topological polar surface area (TPSA) is 90.0 Å². The number of carbonyl (C=O) groups excluding carboxylic acids is 3. The van der Waals surface area contributed by atoms with E-state index in [2.05, 4.69) is 28.7 Å². The number of thioether (sulfide) groups is 1. The van der Waals surface area contributed by atoms with Crippen LogP contribution < -0.4 is 4.90 Å². The maximum Gasteiger partial charge on any atom is 0.233 e. The van der Waals surface area contributed by atoms with Crippen LogP contribution in [0.4, 0.5) is 5.82 Å². The molecule has 0 N–H and O–H groups in total. The van der Waals surface area contributed by atoms with Crippen molar-refractivity contribution >= 4 is 46.9 Å². The van der Waals surface area contributed by atoms with E-state index in [1.54, 1.807) is 22.8 Å². The molecule has 1 aromatic heterocycles. The zero-order valence-electron chi connectivity index (χ0n) is 19.8. The van der Waals surface area contributed by atoms with Gasteiger partial charge in [0.15, 0.2) is 5.16 Å². The van der Waals surface area contributed by atoms with Gasteiger partial charge in [0.05, 0.1) is 5.75 Å². The van der Waals surface area contributed by atoms with Crippen molar-refractivity contribution in [1.82, 2.24) is 24.7 Å². The molecule has 0 aromatic carbocycles. The number of hydrogen-bond acceptors (Lipinski definition) is 7. The lowest BCUT2D eigenvalue weighted by molar-refractivity contribution is -0.136. The molecule has 0 spiro atoms. The van der Waals surface area contributed by atoms with Crippen LogP contribution in [-0.4, -0.2) is 100.0 Å². The Morgan fingerprint density at radius 3 is 2.33 bits per heavy atom. The van der Waals surface area contributed by atoms with Crippen LogP contribution in [0.15, 0.2) is 11.2 Å². The van der Waals surface area contributed by atoms with Gasteiger partial charge in [-0.2, -0.15) is 0 Å². The van der Waals surface area contributed by atoms with E-state index in [9.17, 15) is 14.4 Å². The minimum Gasteiger partial charge on any atom is -0.353 e. The summed E-state index contributed by atoms with van der Waals surface area (Å²) in [6.45, 7) is 11.9. The molecule has 11 heteroatoms. The average Bonchev–Trinajstić information content (AvgIpc) is 2.76. The normalized spacial score (nSPS) is 19.3. The maximum absolute atomic E-state index is 12.6. The Morgan fingerprint density at radius 1 is 1.06 bits per heavy atom. The minimum atomic E-state index is -0.000714. The van der Waals surface area contributed by atoms with E-state index in [4.69, 9.17) is 11.6 Å². The van der Waals surface area contributed by atoms with E-state index < -0.39 is 0 Å². The summed E-state index contributed by atoms with van der Waals surface area (Å²) >= 11 is 7.53. The van der Waals surface area contributed by atoms with E-state index >= 15 is 0 Å². The first-order valence-corrected chi connectivity index (χ1v) is 12.8. The molecule has 0 bridgehead atoms. The molecule has 9 nitrogen and oxygen atoms in total. The molecule has 0 aliphatic carbocycles. The number of rotatable bonds is 6. The number of carbonyl (C=O) groups is 3. The average molecular weight is 497 g/mol. The monoisotopic (exact) mass is 496 g/mol. The van der Waals surface area contributed by atoms with Gasteiger partial charge in [-0.05, 0) is 12.8 Å². The Labute approximate surface area is 204 Å². The van der Waals surface area contributed by atoms with Gasteiger partial charge in [0.1, 0.15) is 11.0 Å². The van der Waals surface area contributed by atoms with Gasteiger partial charge in [0, 0.05) is 71.3 Å². The number of piperazine rings is 2. The van der Waals surface area contributed by atoms with E-state index in [0.29, 0.717) is 74.3 Å². The summed E-state index contributed by atoms with van der Waals surface area (Å²) in [5.41, 5.74) is 0. The van der Waals surface area contributed by atoms with Gasteiger partial charge < -0.3 is 19.6 Å². The van der Waals surface area contributed by atoms with E-state index in [-0.39, 0.29) is 29.5 Å². The summed E-state index contributed by atoms with van der Waals surface area (Å²) in [5.74, 6) is 1.49. The predicted octanol–water partition coefficient (Wildman–Crippen LogP) is 2.00. The van der Waals surface area contributed by atoms with Crippen molar-refractivity contribution in [3.63, 3.8) is 0 Å². The van der Waals surface area contributed by atoms with Crippen molar-refractivity contribution in [2.24, 2.45) is 5.92 Å². The lowest BCUT2D eigenvalue weighted by Crippen LogP contribution is -2.54. The van der Waals surface area contributed by atoms with Gasteiger partial charge in [-0.1, -0.05) is 37.2 Å². The number of aromatic nitrogens is 2. The van der Waals surface area contributed by atoms with Gasteiger partial charge in [0.25, 0.3) is 0 Å². The summed E-state index contributed by atoms with van der Waals surface area (Å²) in [7, 11) is 0. The maximum atomic E-state index is 12.6. The number of hydrogen-bond donors (Lipinski definition) is 0. The van der Waals surface area contributed by atoms with Crippen molar-refractivity contribution in [3.05, 3.63) is 11.2 Å². The molecular weight excluding hydrogens is 464 g/mol. The molecule has 1 aromatic rings. The highest BCUT2D eigenvalue weighted by molar-refractivity contribution is 7.99. The highest BCUT2D eigenvalue weighted by Gasteiger charge is 2.29. The fourth-order valence-corrected chi connectivity index (χ4v) is 5.09. The second kappa shape index (κ2) is 11.4. The zero-order chi connectivity index (χ0) is 24.1. The highest BCUT2D eigenvalue weighted by Crippen LogP contribution is 2.25. The van der Waals surface area contributed by atoms with Crippen LogP contribution in [0.1, 0.15) is 34.1 Å². The summed E-state index contributed by atoms with van der Waals surface area (Å²) in [6, 6.07) is 1.80. The van der Waals surface area contributed by atoms with Gasteiger partial charge >= 0.3 is 0 Å². The van der Waals surface area contributed by atoms with Crippen LogP contribution in [0.2, 0.25) is 5.15 Å². The lowest BCUT2D eigenvalue weighted by Gasteiger charge is -2.40. The fourth-order valence-electron chi connectivity index (χ4n) is 4.10. The van der Waals surface area contributed by atoms with Crippen LogP contribution >= 0.6 is 23.4 Å². The third-order valence-corrected chi connectivity index (χ3v) is 6.94. The van der Waals surface area contributed by atoms with Crippen LogP contribution in [-0.2, 0) is 14.4 Å². The molecule has 1 atom stereocenters. The molecule has 3 amide bonds. The van der Waals surface area contributed by atoms with Gasteiger partial charge in [0.2, 0.25) is 17.7 Å². The number of halogens is 1. The van der Waals surface area contributed by atoms with Crippen molar-refractivity contribution in [1.29, 1.82) is 0 Å². The molecule has 2 fully saturated rings. The number of amides is 3. The van der Waals surface area contributed by atoms with Crippen molar-refractivity contribution in [2.45, 2.75) is 45.3 Å². The quantitative estimate of drug-likeness (QED) is 0.338. The Kier molecular flexibility index (Phi) is 8.81. The Hall–Kier alpha value is -2.07. The first kappa shape index (κ1) is 25.6. The van der Waals surface area contributed by atoms with E-state index in [0.717, 1.165) is 0 Å². The first-order valence-electron chi connectivity index (χ1n) is 11.4. The van der Waals surface area contributed by atoms with E-state index in [1.807, 2.05) is 11.8 Å². The SMILES string of the molecule is CC(=O)N1CCN(C(=O)CSc2nc(Cl)cc(N3CCN(C(=O)CC(C)C)C(C)C3)n2)CC1. The molecule has 1 unspecified atom stereocenters. The van der Waals surface area contributed by atoms with Crippen molar-refractivity contribution in [2.75, 3.05) is 56.5 Å². The van der Waals surface area contributed by atoms with Gasteiger partial charge in [-0.15, -0.1) is 0 Å². The largest absolute Gasteiger partial charge is 0.353 e. The molecule has 2 aliphatic heterocycles. The Bertz CT molecular complexity index is 878. The molecule has 2 saturated heterocycles. The van der Waals surface area contributed by atoms with Gasteiger partial charge in [-0.3, -0.25) is 14.4 Å². The summed E-state index contributed by atoms with van der Waals surface area (Å²) in [6.07, 6.45) is 0.558. The summed E-state index contributed by atoms with van der Waals surface area (Å²) in [4.78, 5) is 53.1. The number of anilines is 1.